The fourth-order valence-corrected chi connectivity index (χ4v) is 3.63. The number of amides is 1. The van der Waals surface area contributed by atoms with Gasteiger partial charge >= 0.3 is 0 Å². The van der Waals surface area contributed by atoms with Gasteiger partial charge in [-0.15, -0.1) is 11.8 Å². The predicted octanol–water partition coefficient (Wildman–Crippen LogP) is 2.90. The third kappa shape index (κ3) is 6.10. The van der Waals surface area contributed by atoms with Gasteiger partial charge in [0.2, 0.25) is 5.91 Å². The number of thioether (sulfide) groups is 1. The zero-order valence-electron chi connectivity index (χ0n) is 12.7. The number of benzene rings is 1. The highest BCUT2D eigenvalue weighted by atomic mass is 32.2. The number of rotatable bonds is 6. The maximum absolute atomic E-state index is 11.8. The highest BCUT2D eigenvalue weighted by Gasteiger charge is 2.20. The first-order valence-corrected chi connectivity index (χ1v) is 8.87. The Morgan fingerprint density at radius 2 is 2.29 bits per heavy atom. The predicted molar refractivity (Wildman–Crippen MR) is 88.3 cm³/mol. The second kappa shape index (κ2) is 8.44. The van der Waals surface area contributed by atoms with Crippen LogP contribution in [0.5, 0.6) is 0 Å². The molecule has 1 aliphatic rings. The lowest BCUT2D eigenvalue weighted by atomic mass is 9.87. The van der Waals surface area contributed by atoms with Crippen LogP contribution in [0, 0.1) is 12.8 Å². The summed E-state index contributed by atoms with van der Waals surface area (Å²) < 4.78 is 0. The normalized spacial score (nSPS) is 22.0. The molecule has 1 fully saturated rings. The molecule has 2 atom stereocenters. The first-order valence-electron chi connectivity index (χ1n) is 7.71. The van der Waals surface area contributed by atoms with Crippen molar-refractivity contribution in [2.24, 2.45) is 5.92 Å². The average Bonchev–Trinajstić information content (AvgIpc) is 2.45. The number of aryl methyl sites for hydroxylation is 1. The smallest absolute Gasteiger partial charge is 0.230 e. The van der Waals surface area contributed by atoms with E-state index in [4.69, 9.17) is 0 Å². The van der Waals surface area contributed by atoms with E-state index in [-0.39, 0.29) is 12.0 Å². The second-order valence-corrected chi connectivity index (χ2v) is 6.96. The van der Waals surface area contributed by atoms with Gasteiger partial charge in [0.25, 0.3) is 0 Å². The van der Waals surface area contributed by atoms with Crippen molar-refractivity contribution in [2.75, 3.05) is 12.3 Å². The summed E-state index contributed by atoms with van der Waals surface area (Å²) in [5.41, 5.74) is 2.52. The van der Waals surface area contributed by atoms with Crippen molar-refractivity contribution in [3.8, 4) is 0 Å². The fraction of sp³-hybridized carbons (Fsp3) is 0.588. The summed E-state index contributed by atoms with van der Waals surface area (Å²) in [6, 6.07) is 8.40. The van der Waals surface area contributed by atoms with Crippen LogP contribution < -0.4 is 5.32 Å². The van der Waals surface area contributed by atoms with Crippen molar-refractivity contribution < 1.29 is 9.90 Å². The Kier molecular flexibility index (Phi) is 6.58. The first kappa shape index (κ1) is 16.4. The lowest BCUT2D eigenvalue weighted by Crippen LogP contribution is -2.33. The molecule has 1 aromatic carbocycles. The van der Waals surface area contributed by atoms with Crippen molar-refractivity contribution in [1.29, 1.82) is 0 Å². The maximum atomic E-state index is 11.8. The van der Waals surface area contributed by atoms with Crippen molar-refractivity contribution in [1.82, 2.24) is 5.32 Å². The van der Waals surface area contributed by atoms with Crippen molar-refractivity contribution in [2.45, 2.75) is 44.5 Å². The molecule has 116 valence electrons. The van der Waals surface area contributed by atoms with Gasteiger partial charge < -0.3 is 10.4 Å². The Hall–Kier alpha value is -1.00. The van der Waals surface area contributed by atoms with Gasteiger partial charge in [-0.1, -0.05) is 36.2 Å². The summed E-state index contributed by atoms with van der Waals surface area (Å²) in [5.74, 6) is 1.92. The third-order valence-corrected chi connectivity index (χ3v) is 4.93. The van der Waals surface area contributed by atoms with E-state index in [0.717, 1.165) is 31.4 Å². The van der Waals surface area contributed by atoms with E-state index >= 15 is 0 Å². The number of carbonyl (C=O) groups is 1. The molecule has 2 N–H and O–H groups in total. The van der Waals surface area contributed by atoms with Crippen LogP contribution in [0.15, 0.2) is 24.3 Å². The van der Waals surface area contributed by atoms with Gasteiger partial charge in [-0.25, -0.2) is 0 Å². The fourth-order valence-electron chi connectivity index (χ4n) is 2.82. The monoisotopic (exact) mass is 307 g/mol. The summed E-state index contributed by atoms with van der Waals surface area (Å²) in [4.78, 5) is 11.8. The number of hydrogen-bond acceptors (Lipinski definition) is 3. The topological polar surface area (TPSA) is 49.3 Å². The lowest BCUT2D eigenvalue weighted by Gasteiger charge is -2.25. The molecule has 1 amide bonds. The molecule has 4 heteroatoms. The minimum atomic E-state index is -0.170. The van der Waals surface area contributed by atoms with E-state index in [1.54, 1.807) is 11.8 Å². The van der Waals surface area contributed by atoms with Gasteiger partial charge in [-0.3, -0.25) is 4.79 Å². The molecule has 0 heterocycles. The third-order valence-electron chi connectivity index (χ3n) is 3.93. The summed E-state index contributed by atoms with van der Waals surface area (Å²) in [7, 11) is 0. The van der Waals surface area contributed by atoms with E-state index in [1.165, 1.54) is 11.1 Å². The largest absolute Gasteiger partial charge is 0.393 e. The molecule has 0 aromatic heterocycles. The molecule has 3 nitrogen and oxygen atoms in total. The lowest BCUT2D eigenvalue weighted by molar-refractivity contribution is -0.118. The average molecular weight is 307 g/mol. The van der Waals surface area contributed by atoms with Crippen LogP contribution in [0.1, 0.15) is 36.8 Å². The standard InChI is InChI=1S/C17H25NO2S/c1-13-4-2-6-15(8-13)11-21-12-17(20)18-10-14-5-3-7-16(19)9-14/h2,4,6,8,14,16,19H,3,5,7,9-12H2,1H3,(H,18,20). The van der Waals surface area contributed by atoms with E-state index in [0.29, 0.717) is 18.2 Å². The van der Waals surface area contributed by atoms with Gasteiger partial charge in [0, 0.05) is 12.3 Å². The Morgan fingerprint density at radius 1 is 1.43 bits per heavy atom. The molecule has 0 aliphatic heterocycles. The molecule has 2 rings (SSSR count). The number of aliphatic hydroxyl groups excluding tert-OH is 1. The molecule has 0 saturated heterocycles. The molecule has 1 saturated carbocycles. The Bertz CT molecular complexity index is 464. The van der Waals surface area contributed by atoms with Crippen molar-refractivity contribution >= 4 is 17.7 Å². The quantitative estimate of drug-likeness (QED) is 0.849. The zero-order valence-corrected chi connectivity index (χ0v) is 13.5. The number of carbonyl (C=O) groups excluding carboxylic acids is 1. The van der Waals surface area contributed by atoms with Crippen molar-refractivity contribution in [3.05, 3.63) is 35.4 Å². The minimum Gasteiger partial charge on any atom is -0.393 e. The van der Waals surface area contributed by atoms with Crippen LogP contribution in [0.3, 0.4) is 0 Å². The molecule has 2 unspecified atom stereocenters. The molecule has 1 aliphatic carbocycles. The Morgan fingerprint density at radius 3 is 3.05 bits per heavy atom. The zero-order chi connectivity index (χ0) is 15.1. The molecule has 21 heavy (non-hydrogen) atoms. The molecule has 1 aromatic rings. The minimum absolute atomic E-state index is 0.104. The summed E-state index contributed by atoms with van der Waals surface area (Å²) >= 11 is 1.65. The molecule has 0 spiro atoms. The van der Waals surface area contributed by atoms with E-state index in [9.17, 15) is 9.90 Å². The Balaban J connectivity index is 1.61. The van der Waals surface area contributed by atoms with Gasteiger partial charge in [-0.2, -0.15) is 0 Å². The summed E-state index contributed by atoms with van der Waals surface area (Å²) in [5, 5.41) is 12.6. The highest BCUT2D eigenvalue weighted by molar-refractivity contribution is 7.99. The van der Waals surface area contributed by atoms with Crippen LogP contribution >= 0.6 is 11.8 Å². The first-order chi connectivity index (χ1) is 10.1. The van der Waals surface area contributed by atoms with Gasteiger partial charge in [0.15, 0.2) is 0 Å². The summed E-state index contributed by atoms with van der Waals surface area (Å²) in [6.07, 6.45) is 3.77. The van der Waals surface area contributed by atoms with Gasteiger partial charge in [0.05, 0.1) is 11.9 Å². The second-order valence-electron chi connectivity index (χ2n) is 5.97. The van der Waals surface area contributed by atoms with Crippen LogP contribution in [-0.2, 0) is 10.5 Å². The van der Waals surface area contributed by atoms with Gasteiger partial charge in [-0.05, 0) is 37.7 Å². The summed E-state index contributed by atoms with van der Waals surface area (Å²) in [6.45, 7) is 2.79. The molecular weight excluding hydrogens is 282 g/mol. The van der Waals surface area contributed by atoms with Crippen LogP contribution in [0.4, 0.5) is 0 Å². The number of aliphatic hydroxyl groups is 1. The Labute approximate surface area is 131 Å². The van der Waals surface area contributed by atoms with Crippen LogP contribution in [0.25, 0.3) is 0 Å². The van der Waals surface area contributed by atoms with E-state index in [1.807, 2.05) is 0 Å². The number of nitrogens with one attached hydrogen (secondary N) is 1. The maximum Gasteiger partial charge on any atom is 0.230 e. The highest BCUT2D eigenvalue weighted by Crippen LogP contribution is 2.23. The molecule has 0 bridgehead atoms. The van der Waals surface area contributed by atoms with E-state index in [2.05, 4.69) is 36.5 Å². The van der Waals surface area contributed by atoms with E-state index < -0.39 is 0 Å². The van der Waals surface area contributed by atoms with Crippen molar-refractivity contribution in [3.63, 3.8) is 0 Å². The van der Waals surface area contributed by atoms with Gasteiger partial charge in [0.1, 0.15) is 0 Å². The SMILES string of the molecule is Cc1cccc(CSCC(=O)NCC2CCCC(O)C2)c1. The molecule has 0 radical (unpaired) electrons. The number of hydrogen-bond donors (Lipinski definition) is 2. The van der Waals surface area contributed by atoms with Crippen LogP contribution in [0.2, 0.25) is 0 Å². The van der Waals surface area contributed by atoms with Crippen LogP contribution in [-0.4, -0.2) is 29.4 Å². The molecular formula is C17H25NO2S.